The van der Waals surface area contributed by atoms with Crippen molar-refractivity contribution in [1.82, 2.24) is 30.2 Å². The summed E-state index contributed by atoms with van der Waals surface area (Å²) in [6, 6.07) is 1.96. The van der Waals surface area contributed by atoms with E-state index < -0.39 is 0 Å². The highest BCUT2D eigenvalue weighted by Crippen LogP contribution is 2.06. The minimum atomic E-state index is 0.572. The van der Waals surface area contributed by atoms with Gasteiger partial charge in [-0.1, -0.05) is 13.8 Å². The van der Waals surface area contributed by atoms with Gasteiger partial charge in [0, 0.05) is 71.3 Å². The minimum absolute atomic E-state index is 0.572. The molecule has 7 heteroatoms. The second kappa shape index (κ2) is 11.9. The molecule has 148 valence electrons. The van der Waals surface area contributed by atoms with Gasteiger partial charge >= 0.3 is 0 Å². The number of rotatable bonds is 10. The van der Waals surface area contributed by atoms with Gasteiger partial charge in [-0.25, -0.2) is 0 Å². The lowest BCUT2D eigenvalue weighted by Gasteiger charge is -2.35. The van der Waals surface area contributed by atoms with Gasteiger partial charge in [0.2, 0.25) is 0 Å². The third-order valence-corrected chi connectivity index (χ3v) is 4.80. The first-order chi connectivity index (χ1) is 12.7. The van der Waals surface area contributed by atoms with Crippen LogP contribution in [0.5, 0.6) is 0 Å². The fraction of sp³-hybridized carbons (Fsp3) is 0.789. The van der Waals surface area contributed by atoms with Gasteiger partial charge in [-0.3, -0.25) is 9.67 Å². The zero-order valence-electron chi connectivity index (χ0n) is 16.8. The molecule has 1 atom stereocenters. The molecule has 0 aliphatic carbocycles. The van der Waals surface area contributed by atoms with Crippen LogP contribution in [-0.4, -0.2) is 84.4 Å². The van der Waals surface area contributed by atoms with Crippen molar-refractivity contribution in [2.24, 2.45) is 10.9 Å². The standard InChI is InChI=1S/C19H37N7/c1-4-20-19(21-8-6-10-26-11-7-9-23-26)22-16-18(3)17-25-14-12-24(5-2)13-15-25/h7,9,11,18H,4-6,8,10,12-17H2,1-3H3,(H2,20,21,22). The second-order valence-electron chi connectivity index (χ2n) is 7.11. The molecule has 0 bridgehead atoms. The van der Waals surface area contributed by atoms with Crippen molar-refractivity contribution in [3.8, 4) is 0 Å². The Hall–Kier alpha value is -1.60. The highest BCUT2D eigenvalue weighted by molar-refractivity contribution is 5.79. The number of hydrogen-bond donors (Lipinski definition) is 2. The van der Waals surface area contributed by atoms with Crippen LogP contribution < -0.4 is 10.6 Å². The van der Waals surface area contributed by atoms with Crippen molar-refractivity contribution in [3.05, 3.63) is 18.5 Å². The molecule has 0 amide bonds. The molecule has 1 aliphatic heterocycles. The first-order valence-electron chi connectivity index (χ1n) is 10.2. The van der Waals surface area contributed by atoms with Crippen LogP contribution in [0.25, 0.3) is 0 Å². The number of nitrogens with one attached hydrogen (secondary N) is 2. The van der Waals surface area contributed by atoms with Crippen LogP contribution in [0.4, 0.5) is 0 Å². The van der Waals surface area contributed by atoms with Gasteiger partial charge < -0.3 is 20.4 Å². The molecule has 26 heavy (non-hydrogen) atoms. The van der Waals surface area contributed by atoms with Crippen molar-refractivity contribution in [2.45, 2.75) is 33.7 Å². The molecule has 1 aromatic heterocycles. The minimum Gasteiger partial charge on any atom is -0.357 e. The van der Waals surface area contributed by atoms with Crippen molar-refractivity contribution in [2.75, 3.05) is 58.9 Å². The quantitative estimate of drug-likeness (QED) is 0.370. The number of nitrogens with zero attached hydrogens (tertiary/aromatic N) is 5. The average molecular weight is 364 g/mol. The monoisotopic (exact) mass is 363 g/mol. The van der Waals surface area contributed by atoms with Gasteiger partial charge in [0.25, 0.3) is 0 Å². The van der Waals surface area contributed by atoms with E-state index >= 15 is 0 Å². The Morgan fingerprint density at radius 1 is 1.15 bits per heavy atom. The topological polar surface area (TPSA) is 60.7 Å². The van der Waals surface area contributed by atoms with Gasteiger partial charge in [0.1, 0.15) is 0 Å². The van der Waals surface area contributed by atoms with E-state index in [0.29, 0.717) is 5.92 Å². The largest absolute Gasteiger partial charge is 0.357 e. The summed E-state index contributed by atoms with van der Waals surface area (Å²) < 4.78 is 1.96. The molecule has 0 radical (unpaired) electrons. The molecule has 2 rings (SSSR count). The molecule has 0 saturated carbocycles. The molecular formula is C19H37N7. The normalized spacial score (nSPS) is 18.0. The van der Waals surface area contributed by atoms with Gasteiger partial charge in [-0.05, 0) is 31.9 Å². The Labute approximate surface area is 158 Å². The fourth-order valence-corrected chi connectivity index (χ4v) is 3.26. The smallest absolute Gasteiger partial charge is 0.191 e. The summed E-state index contributed by atoms with van der Waals surface area (Å²) in [6.07, 6.45) is 4.85. The third-order valence-electron chi connectivity index (χ3n) is 4.80. The predicted octanol–water partition coefficient (Wildman–Crippen LogP) is 1.10. The van der Waals surface area contributed by atoms with Crippen molar-refractivity contribution in [3.63, 3.8) is 0 Å². The maximum atomic E-state index is 4.78. The fourth-order valence-electron chi connectivity index (χ4n) is 3.26. The summed E-state index contributed by atoms with van der Waals surface area (Å²) in [5.74, 6) is 1.50. The first-order valence-corrected chi connectivity index (χ1v) is 10.2. The van der Waals surface area contributed by atoms with Crippen LogP contribution >= 0.6 is 0 Å². The summed E-state index contributed by atoms with van der Waals surface area (Å²) in [4.78, 5) is 9.88. The molecule has 1 aliphatic rings. The molecule has 1 saturated heterocycles. The molecule has 2 heterocycles. The third kappa shape index (κ3) is 7.74. The molecule has 1 aromatic rings. The van der Waals surface area contributed by atoms with E-state index in [1.54, 1.807) is 0 Å². The molecular weight excluding hydrogens is 326 g/mol. The summed E-state index contributed by atoms with van der Waals surface area (Å²) in [6.45, 7) is 17.3. The number of piperazine rings is 1. The van der Waals surface area contributed by atoms with Crippen LogP contribution in [0.15, 0.2) is 23.5 Å². The zero-order valence-corrected chi connectivity index (χ0v) is 16.8. The van der Waals surface area contributed by atoms with Crippen LogP contribution in [-0.2, 0) is 6.54 Å². The van der Waals surface area contributed by atoms with Crippen LogP contribution in [0.2, 0.25) is 0 Å². The Morgan fingerprint density at radius 2 is 1.92 bits per heavy atom. The van der Waals surface area contributed by atoms with E-state index in [9.17, 15) is 0 Å². The van der Waals surface area contributed by atoms with E-state index in [-0.39, 0.29) is 0 Å². The van der Waals surface area contributed by atoms with Gasteiger partial charge in [0.15, 0.2) is 5.96 Å². The van der Waals surface area contributed by atoms with E-state index in [2.05, 4.69) is 46.3 Å². The highest BCUT2D eigenvalue weighted by atomic mass is 15.3. The summed E-state index contributed by atoms with van der Waals surface area (Å²) in [5, 5.41) is 11.0. The van der Waals surface area contributed by atoms with Crippen LogP contribution in [0.3, 0.4) is 0 Å². The Kier molecular flexibility index (Phi) is 9.48. The van der Waals surface area contributed by atoms with E-state index in [1.165, 1.54) is 32.7 Å². The van der Waals surface area contributed by atoms with Crippen LogP contribution in [0, 0.1) is 5.92 Å². The van der Waals surface area contributed by atoms with Crippen LogP contribution in [0.1, 0.15) is 27.2 Å². The lowest BCUT2D eigenvalue weighted by Crippen LogP contribution is -2.47. The van der Waals surface area contributed by atoms with E-state index in [1.807, 2.05) is 23.1 Å². The van der Waals surface area contributed by atoms with Gasteiger partial charge in [-0.15, -0.1) is 0 Å². The lowest BCUT2D eigenvalue weighted by atomic mass is 10.1. The molecule has 2 N–H and O–H groups in total. The second-order valence-corrected chi connectivity index (χ2v) is 7.11. The molecule has 0 spiro atoms. The number of aliphatic imine (C=N–C) groups is 1. The molecule has 1 unspecified atom stereocenters. The number of aromatic nitrogens is 2. The zero-order chi connectivity index (χ0) is 18.6. The molecule has 7 nitrogen and oxygen atoms in total. The maximum absolute atomic E-state index is 4.78. The van der Waals surface area contributed by atoms with E-state index in [4.69, 9.17) is 4.99 Å². The number of hydrogen-bond acceptors (Lipinski definition) is 4. The highest BCUT2D eigenvalue weighted by Gasteiger charge is 2.17. The Bertz CT molecular complexity index is 492. The van der Waals surface area contributed by atoms with Crippen molar-refractivity contribution in [1.29, 1.82) is 0 Å². The van der Waals surface area contributed by atoms with Crippen molar-refractivity contribution >= 4 is 5.96 Å². The Balaban J connectivity index is 1.66. The number of aryl methyl sites for hydroxylation is 1. The number of guanidine groups is 1. The van der Waals surface area contributed by atoms with Crippen molar-refractivity contribution < 1.29 is 0 Å². The summed E-state index contributed by atoms with van der Waals surface area (Å²) >= 11 is 0. The maximum Gasteiger partial charge on any atom is 0.191 e. The molecule has 0 aromatic carbocycles. The lowest BCUT2D eigenvalue weighted by molar-refractivity contribution is 0.125. The predicted molar refractivity (Wildman–Crippen MR) is 109 cm³/mol. The summed E-state index contributed by atoms with van der Waals surface area (Å²) in [7, 11) is 0. The number of likely N-dealkylation sites (N-methyl/N-ethyl adjacent to an activating group) is 1. The summed E-state index contributed by atoms with van der Waals surface area (Å²) in [5.41, 5.74) is 0. The van der Waals surface area contributed by atoms with E-state index in [0.717, 1.165) is 45.1 Å². The molecule has 1 fully saturated rings. The van der Waals surface area contributed by atoms with Gasteiger partial charge in [0.05, 0.1) is 0 Å². The Morgan fingerprint density at radius 3 is 2.58 bits per heavy atom. The first kappa shape index (κ1) is 20.7. The van der Waals surface area contributed by atoms with Gasteiger partial charge in [-0.2, -0.15) is 5.10 Å². The average Bonchev–Trinajstić information content (AvgIpc) is 3.17. The SMILES string of the molecule is CCNC(=NCC(C)CN1CCN(CC)CC1)NCCCn1cccn1.